The number of carbonyl (C=O) groups excluding carboxylic acids is 8. The lowest BCUT2D eigenvalue weighted by atomic mass is 10.1. The van der Waals surface area contributed by atoms with Crippen LogP contribution in [0.15, 0.2) is 0 Å². The van der Waals surface area contributed by atoms with Crippen LogP contribution in [-0.2, 0) is 38.4 Å². The van der Waals surface area contributed by atoms with E-state index in [2.05, 4.69) is 21.3 Å². The summed E-state index contributed by atoms with van der Waals surface area (Å²) < 4.78 is 0. The first-order valence-electron chi connectivity index (χ1n) is 14.9. The molecular weight excluding hydrogens is 594 g/mol. The molecular formula is C28H47N7O8S. The molecule has 0 radical (unpaired) electrons. The van der Waals surface area contributed by atoms with E-state index in [4.69, 9.17) is 11.5 Å². The molecule has 4 unspecified atom stereocenters. The number of unbranched alkanes of at least 4 members (excludes halogenated alkanes) is 2. The van der Waals surface area contributed by atoms with Crippen LogP contribution in [0.2, 0.25) is 0 Å². The molecule has 0 aromatic heterocycles. The van der Waals surface area contributed by atoms with Crippen LogP contribution in [0.3, 0.4) is 0 Å². The van der Waals surface area contributed by atoms with Gasteiger partial charge in [0.2, 0.25) is 47.3 Å². The highest BCUT2D eigenvalue weighted by atomic mass is 32.2. The van der Waals surface area contributed by atoms with Crippen molar-refractivity contribution in [2.75, 3.05) is 25.4 Å². The van der Waals surface area contributed by atoms with Crippen molar-refractivity contribution >= 4 is 59.0 Å². The molecule has 248 valence electrons. The summed E-state index contributed by atoms with van der Waals surface area (Å²) in [6.45, 7) is 5.35. The maximum atomic E-state index is 12.8. The quantitative estimate of drug-likeness (QED) is 0.0615. The number of carbonyl (C=O) groups is 8. The molecule has 0 aromatic carbocycles. The number of nitrogens with zero attached hydrogens (tertiary/aromatic N) is 1. The number of nitrogens with two attached hydrogens (primary N) is 2. The van der Waals surface area contributed by atoms with Crippen LogP contribution in [-0.4, -0.2) is 94.9 Å². The summed E-state index contributed by atoms with van der Waals surface area (Å²) in [5.41, 5.74) is 10.7. The van der Waals surface area contributed by atoms with E-state index in [-0.39, 0.29) is 56.0 Å². The van der Waals surface area contributed by atoms with Crippen molar-refractivity contribution in [2.45, 2.75) is 95.9 Å². The second kappa shape index (κ2) is 20.3. The van der Waals surface area contributed by atoms with Crippen molar-refractivity contribution in [3.63, 3.8) is 0 Å². The summed E-state index contributed by atoms with van der Waals surface area (Å²) in [5, 5.41) is 10.0. The van der Waals surface area contributed by atoms with Crippen LogP contribution >= 0.6 is 11.8 Å². The topological polar surface area (TPSA) is 240 Å². The third-order valence-corrected chi connectivity index (χ3v) is 8.42. The van der Waals surface area contributed by atoms with Gasteiger partial charge < -0.3 is 32.7 Å². The fraction of sp³-hybridized carbons (Fsp3) is 0.714. The number of likely N-dealkylation sites (tertiary alicyclic amines) is 1. The summed E-state index contributed by atoms with van der Waals surface area (Å²) in [7, 11) is 0. The van der Waals surface area contributed by atoms with E-state index < -0.39 is 46.9 Å². The summed E-state index contributed by atoms with van der Waals surface area (Å²) in [4.78, 5) is 97.0. The minimum absolute atomic E-state index is 0.0123. The van der Waals surface area contributed by atoms with E-state index >= 15 is 0 Å². The Morgan fingerprint density at radius 3 is 2.02 bits per heavy atom. The second-order valence-electron chi connectivity index (χ2n) is 10.7. The predicted octanol–water partition coefficient (Wildman–Crippen LogP) is -1.18. The van der Waals surface area contributed by atoms with Crippen LogP contribution in [0.1, 0.15) is 78.6 Å². The Balaban J connectivity index is 2.41. The monoisotopic (exact) mass is 641 g/mol. The van der Waals surface area contributed by atoms with Gasteiger partial charge in [-0.25, -0.2) is 0 Å². The summed E-state index contributed by atoms with van der Waals surface area (Å²) in [6.07, 6.45) is 2.94. The molecule has 15 nitrogen and oxygen atoms in total. The van der Waals surface area contributed by atoms with E-state index in [9.17, 15) is 38.4 Å². The first kappa shape index (κ1) is 38.3. The third-order valence-electron chi connectivity index (χ3n) is 6.96. The van der Waals surface area contributed by atoms with Gasteiger partial charge in [0.15, 0.2) is 0 Å². The minimum Gasteiger partial charge on any atom is -0.369 e. The average molecular weight is 642 g/mol. The van der Waals surface area contributed by atoms with E-state index in [1.165, 1.54) is 18.7 Å². The summed E-state index contributed by atoms with van der Waals surface area (Å²) in [5.74, 6) is -3.43. The van der Waals surface area contributed by atoms with E-state index in [1.54, 1.807) is 13.8 Å². The zero-order valence-electron chi connectivity index (χ0n) is 25.8. The third kappa shape index (κ3) is 14.7. The molecule has 0 aliphatic carbocycles. The van der Waals surface area contributed by atoms with Crippen molar-refractivity contribution in [3.8, 4) is 0 Å². The van der Waals surface area contributed by atoms with Gasteiger partial charge in [0.05, 0.1) is 5.25 Å². The van der Waals surface area contributed by atoms with Crippen molar-refractivity contribution in [1.29, 1.82) is 0 Å². The highest BCUT2D eigenvalue weighted by Crippen LogP contribution is 2.26. The lowest BCUT2D eigenvalue weighted by Gasteiger charge is -2.21. The second-order valence-corrected chi connectivity index (χ2v) is 12.0. The summed E-state index contributed by atoms with van der Waals surface area (Å²) >= 11 is 1.20. The molecule has 1 aliphatic heterocycles. The average Bonchev–Trinajstić information content (AvgIpc) is 3.23. The Morgan fingerprint density at radius 2 is 1.48 bits per heavy atom. The van der Waals surface area contributed by atoms with Gasteiger partial charge in [-0.1, -0.05) is 13.8 Å². The van der Waals surface area contributed by atoms with E-state index in [0.29, 0.717) is 50.8 Å². The molecule has 1 fully saturated rings. The lowest BCUT2D eigenvalue weighted by molar-refractivity contribution is -0.138. The molecule has 44 heavy (non-hydrogen) atoms. The lowest BCUT2D eigenvalue weighted by Crippen LogP contribution is -2.52. The zero-order chi connectivity index (χ0) is 33.2. The number of hydrogen-bond donors (Lipinski definition) is 6. The molecule has 16 heteroatoms. The highest BCUT2D eigenvalue weighted by molar-refractivity contribution is 8.00. The van der Waals surface area contributed by atoms with E-state index in [1.807, 2.05) is 0 Å². The fourth-order valence-electron chi connectivity index (χ4n) is 4.26. The van der Waals surface area contributed by atoms with Gasteiger partial charge in [0, 0.05) is 57.5 Å². The normalized spacial score (nSPS) is 16.5. The van der Waals surface area contributed by atoms with Crippen LogP contribution in [0, 0.1) is 5.92 Å². The number of primary amides is 2. The predicted molar refractivity (Wildman–Crippen MR) is 163 cm³/mol. The fourth-order valence-corrected chi connectivity index (χ4v) is 5.48. The maximum absolute atomic E-state index is 12.8. The van der Waals surface area contributed by atoms with Crippen LogP contribution in [0.4, 0.5) is 0 Å². The summed E-state index contributed by atoms with van der Waals surface area (Å²) in [6, 6.07) is -1.83. The van der Waals surface area contributed by atoms with Gasteiger partial charge in [0.1, 0.15) is 12.1 Å². The standard InChI is InChI=1S/C28H47N7O8S/c1-4-22(37)31-12-8-6-10-20(33-18(3)36)27(42)34-19(26(30)41)9-5-7-13-32-23(38)11-14-35-24(39)15-21(28(35)43)44-16-17(2)25(29)40/h17,19-21H,4-16H2,1-3H3,(H2,29,40)(H2,30,41)(H,31,37)(H,32,38)(H,33,36)(H,34,42). The Kier molecular flexibility index (Phi) is 17.7. The van der Waals surface area contributed by atoms with Crippen LogP contribution in [0.25, 0.3) is 0 Å². The van der Waals surface area contributed by atoms with Gasteiger partial charge in [-0.05, 0) is 38.5 Å². The van der Waals surface area contributed by atoms with Crippen LogP contribution < -0.4 is 32.7 Å². The molecule has 0 spiro atoms. The largest absolute Gasteiger partial charge is 0.369 e. The number of nitrogens with one attached hydrogen (secondary N) is 4. The van der Waals surface area contributed by atoms with Gasteiger partial charge in [-0.2, -0.15) is 0 Å². The highest BCUT2D eigenvalue weighted by Gasteiger charge is 2.39. The van der Waals surface area contributed by atoms with Crippen molar-refractivity contribution in [3.05, 3.63) is 0 Å². The molecule has 1 saturated heterocycles. The number of thioether (sulfide) groups is 1. The smallest absolute Gasteiger partial charge is 0.243 e. The molecule has 1 heterocycles. The first-order chi connectivity index (χ1) is 20.8. The number of rotatable bonds is 22. The maximum Gasteiger partial charge on any atom is 0.243 e. The number of amides is 8. The Labute approximate surface area is 262 Å². The molecule has 1 rings (SSSR count). The van der Waals surface area contributed by atoms with Gasteiger partial charge in [0.25, 0.3) is 0 Å². The Hall–Kier alpha value is -3.69. The molecule has 4 atom stereocenters. The SMILES string of the molecule is CCC(=O)NCCCCC(NC(C)=O)C(=O)NC(CCCCNC(=O)CCN1C(=O)CC(SCC(C)C(N)=O)C1=O)C(N)=O. The molecule has 8 amide bonds. The zero-order valence-corrected chi connectivity index (χ0v) is 26.6. The van der Waals surface area contributed by atoms with Crippen molar-refractivity contribution in [2.24, 2.45) is 17.4 Å². The number of imide groups is 1. The Morgan fingerprint density at radius 1 is 0.886 bits per heavy atom. The minimum atomic E-state index is -0.970. The molecule has 8 N–H and O–H groups in total. The molecule has 0 saturated carbocycles. The van der Waals surface area contributed by atoms with E-state index in [0.717, 1.165) is 4.90 Å². The van der Waals surface area contributed by atoms with Crippen LogP contribution in [0.5, 0.6) is 0 Å². The Bertz CT molecular complexity index is 1060. The van der Waals surface area contributed by atoms with Crippen molar-refractivity contribution < 1.29 is 38.4 Å². The van der Waals surface area contributed by atoms with Gasteiger partial charge in [-0.15, -0.1) is 11.8 Å². The van der Waals surface area contributed by atoms with Gasteiger partial charge in [-0.3, -0.25) is 43.3 Å². The van der Waals surface area contributed by atoms with Gasteiger partial charge >= 0.3 is 0 Å². The first-order valence-corrected chi connectivity index (χ1v) is 16.0. The number of hydrogen-bond acceptors (Lipinski definition) is 9. The molecule has 1 aliphatic rings. The molecule has 0 bridgehead atoms. The molecule has 0 aromatic rings. The van der Waals surface area contributed by atoms with Crippen molar-refractivity contribution in [1.82, 2.24) is 26.2 Å².